The standard InChI is InChI=1S/C7H6O.CH2O.H2O3S/c8-6-7-4-2-1-3-5-7;1-2;1-4(2)3/h1-6H;1H2;(H2,1,2,3). The van der Waals surface area contributed by atoms with E-state index in [1.165, 1.54) is 0 Å². The smallest absolute Gasteiger partial charge is 0.299 e. The minimum atomic E-state index is -2.61. The maximum atomic E-state index is 10.0. The van der Waals surface area contributed by atoms with Gasteiger partial charge in [-0.2, -0.15) is 4.21 Å². The summed E-state index contributed by atoms with van der Waals surface area (Å²) in [4.78, 5) is 18.0. The van der Waals surface area contributed by atoms with Crippen molar-refractivity contribution in [3.63, 3.8) is 0 Å². The first-order chi connectivity index (χ1) is 6.66. The lowest BCUT2D eigenvalue weighted by Gasteiger charge is -1.81. The molecule has 0 saturated heterocycles. The van der Waals surface area contributed by atoms with E-state index in [1.807, 2.05) is 25.0 Å². The van der Waals surface area contributed by atoms with Gasteiger partial charge in [0.15, 0.2) is 0 Å². The molecule has 2 N–H and O–H groups in total. The Labute approximate surface area is 83.9 Å². The van der Waals surface area contributed by atoms with Gasteiger partial charge >= 0.3 is 0 Å². The first-order valence-corrected chi connectivity index (χ1v) is 4.32. The molecule has 1 aromatic rings. The van der Waals surface area contributed by atoms with Crippen LogP contribution in [0.5, 0.6) is 0 Å². The van der Waals surface area contributed by atoms with Crippen molar-refractivity contribution in [1.82, 2.24) is 0 Å². The van der Waals surface area contributed by atoms with Crippen molar-refractivity contribution in [2.75, 3.05) is 0 Å². The summed E-state index contributed by atoms with van der Waals surface area (Å²) in [5.41, 5.74) is 0.729. The van der Waals surface area contributed by atoms with Crippen LogP contribution in [-0.2, 0) is 16.2 Å². The van der Waals surface area contributed by atoms with Gasteiger partial charge in [-0.25, -0.2) is 0 Å². The highest BCUT2D eigenvalue weighted by atomic mass is 32.2. The first kappa shape index (κ1) is 15.1. The van der Waals surface area contributed by atoms with Gasteiger partial charge in [-0.3, -0.25) is 13.9 Å². The Kier molecular flexibility index (Phi) is 12.6. The Morgan fingerprint density at radius 1 is 1.14 bits per heavy atom. The molecule has 0 radical (unpaired) electrons. The predicted octanol–water partition coefficient (Wildman–Crippen LogP) is 0.995. The molecule has 0 aromatic heterocycles. The Hall–Kier alpha value is -1.37. The number of hydrogen-bond acceptors (Lipinski definition) is 3. The fourth-order valence-electron chi connectivity index (χ4n) is 0.532. The molecule has 0 bridgehead atoms. The fourth-order valence-corrected chi connectivity index (χ4v) is 0.532. The summed E-state index contributed by atoms with van der Waals surface area (Å²) in [7, 11) is 0. The molecule has 14 heavy (non-hydrogen) atoms. The summed E-state index contributed by atoms with van der Waals surface area (Å²) in [6.45, 7) is 2.00. The van der Waals surface area contributed by atoms with Crippen molar-refractivity contribution in [3.05, 3.63) is 35.9 Å². The molecule has 0 aliphatic heterocycles. The molecule has 6 heteroatoms. The summed E-state index contributed by atoms with van der Waals surface area (Å²) < 4.78 is 22.8. The second-order valence-corrected chi connectivity index (χ2v) is 2.22. The van der Waals surface area contributed by atoms with Gasteiger partial charge in [-0.15, -0.1) is 0 Å². The molecule has 0 heterocycles. The highest BCUT2D eigenvalue weighted by Crippen LogP contribution is 1.91. The van der Waals surface area contributed by atoms with E-state index in [4.69, 9.17) is 18.1 Å². The third-order valence-electron chi connectivity index (χ3n) is 0.936. The highest BCUT2D eigenvalue weighted by Gasteiger charge is 1.79. The highest BCUT2D eigenvalue weighted by molar-refractivity contribution is 7.73. The molecule has 0 aliphatic carbocycles. The predicted molar refractivity (Wildman–Crippen MR) is 52.4 cm³/mol. The molecule has 0 aliphatic rings. The molecular weight excluding hydrogens is 208 g/mol. The van der Waals surface area contributed by atoms with E-state index in [2.05, 4.69) is 0 Å². The van der Waals surface area contributed by atoms with Gasteiger partial charge in [-0.05, 0) is 0 Å². The van der Waals surface area contributed by atoms with Gasteiger partial charge in [-0.1, -0.05) is 30.3 Å². The van der Waals surface area contributed by atoms with E-state index < -0.39 is 11.4 Å². The van der Waals surface area contributed by atoms with Gasteiger partial charge < -0.3 is 4.79 Å². The number of rotatable bonds is 1. The first-order valence-electron chi connectivity index (χ1n) is 3.26. The zero-order valence-corrected chi connectivity index (χ0v) is 8.02. The third-order valence-corrected chi connectivity index (χ3v) is 0.936. The van der Waals surface area contributed by atoms with Crippen molar-refractivity contribution in [2.24, 2.45) is 0 Å². The van der Waals surface area contributed by atoms with Crippen LogP contribution in [0, 0.1) is 0 Å². The normalized spacial score (nSPS) is 7.64. The zero-order chi connectivity index (χ0) is 11.4. The average Bonchev–Trinajstić information content (AvgIpc) is 2.21. The van der Waals surface area contributed by atoms with Crippen molar-refractivity contribution < 1.29 is 22.9 Å². The van der Waals surface area contributed by atoms with E-state index in [-0.39, 0.29) is 0 Å². The Morgan fingerprint density at radius 3 is 1.71 bits per heavy atom. The van der Waals surface area contributed by atoms with Crippen LogP contribution >= 0.6 is 0 Å². The molecular formula is C8H10O5S. The summed E-state index contributed by atoms with van der Waals surface area (Å²) in [5.74, 6) is 0. The summed E-state index contributed by atoms with van der Waals surface area (Å²) >= 11 is -2.61. The maximum Gasteiger partial charge on any atom is 0.299 e. The van der Waals surface area contributed by atoms with Crippen molar-refractivity contribution in [3.8, 4) is 0 Å². The van der Waals surface area contributed by atoms with Crippen molar-refractivity contribution in [2.45, 2.75) is 0 Å². The molecule has 1 aromatic carbocycles. The molecule has 0 spiro atoms. The molecule has 0 atom stereocenters. The quantitative estimate of drug-likeness (QED) is 0.541. The minimum absolute atomic E-state index is 0.729. The number of carbonyl (C=O) groups excluding carboxylic acids is 2. The van der Waals surface area contributed by atoms with Crippen LogP contribution in [0.3, 0.4) is 0 Å². The summed E-state index contributed by atoms with van der Waals surface area (Å²) in [5, 5.41) is 0. The Balaban J connectivity index is 0. The molecule has 0 saturated carbocycles. The van der Waals surface area contributed by atoms with Gasteiger partial charge in [0.25, 0.3) is 11.4 Å². The van der Waals surface area contributed by atoms with Crippen LogP contribution in [0.2, 0.25) is 0 Å². The monoisotopic (exact) mass is 218 g/mol. The fraction of sp³-hybridized carbons (Fsp3) is 0. The van der Waals surface area contributed by atoms with Crippen LogP contribution in [-0.4, -0.2) is 26.4 Å². The summed E-state index contributed by atoms with van der Waals surface area (Å²) in [6.07, 6.45) is 0.833. The lowest BCUT2D eigenvalue weighted by atomic mass is 10.2. The van der Waals surface area contributed by atoms with Gasteiger partial charge in [0, 0.05) is 5.56 Å². The maximum absolute atomic E-state index is 10.0. The summed E-state index contributed by atoms with van der Waals surface area (Å²) in [6, 6.07) is 9.10. The van der Waals surface area contributed by atoms with Crippen molar-refractivity contribution >= 4 is 24.4 Å². The number of hydrogen-bond donors (Lipinski definition) is 2. The largest absolute Gasteiger partial charge is 0.307 e. The number of aldehydes is 1. The van der Waals surface area contributed by atoms with Crippen LogP contribution in [0.1, 0.15) is 10.4 Å². The van der Waals surface area contributed by atoms with Gasteiger partial charge in [0.2, 0.25) is 0 Å². The van der Waals surface area contributed by atoms with Gasteiger partial charge in [0.1, 0.15) is 13.1 Å². The number of carbonyl (C=O) groups is 2. The van der Waals surface area contributed by atoms with E-state index in [1.54, 1.807) is 12.1 Å². The lowest BCUT2D eigenvalue weighted by Crippen LogP contribution is -1.74. The molecule has 0 unspecified atom stereocenters. The number of benzene rings is 1. The Morgan fingerprint density at radius 2 is 1.50 bits per heavy atom. The van der Waals surface area contributed by atoms with Crippen LogP contribution in [0.25, 0.3) is 0 Å². The van der Waals surface area contributed by atoms with Crippen molar-refractivity contribution in [1.29, 1.82) is 0 Å². The zero-order valence-electron chi connectivity index (χ0n) is 7.20. The lowest BCUT2D eigenvalue weighted by molar-refractivity contribution is -0.0980. The van der Waals surface area contributed by atoms with E-state index in [9.17, 15) is 4.79 Å². The molecule has 0 amide bonds. The van der Waals surface area contributed by atoms with Crippen LogP contribution in [0.15, 0.2) is 30.3 Å². The molecule has 0 fully saturated rings. The van der Waals surface area contributed by atoms with Crippen LogP contribution in [0.4, 0.5) is 0 Å². The van der Waals surface area contributed by atoms with E-state index in [0.29, 0.717) is 0 Å². The SMILES string of the molecule is C=O.O=Cc1ccccc1.O=S(O)O. The molecule has 5 nitrogen and oxygen atoms in total. The molecule has 1 rings (SSSR count). The van der Waals surface area contributed by atoms with Gasteiger partial charge in [0.05, 0.1) is 0 Å². The van der Waals surface area contributed by atoms with E-state index in [0.717, 1.165) is 11.8 Å². The second kappa shape index (κ2) is 11.6. The second-order valence-electron chi connectivity index (χ2n) is 1.76. The minimum Gasteiger partial charge on any atom is -0.307 e. The molecule has 78 valence electrons. The third kappa shape index (κ3) is 13.2. The van der Waals surface area contributed by atoms with Crippen LogP contribution < -0.4 is 0 Å². The topological polar surface area (TPSA) is 91.7 Å². The average molecular weight is 218 g/mol. The van der Waals surface area contributed by atoms with E-state index >= 15 is 0 Å². The Bertz CT molecular complexity index is 258.